The van der Waals surface area contributed by atoms with Crippen LogP contribution >= 0.6 is 11.8 Å². The minimum atomic E-state index is -0.182. The highest BCUT2D eigenvalue weighted by molar-refractivity contribution is 7.99. The number of carbonyl (C=O) groups is 2. The van der Waals surface area contributed by atoms with Crippen LogP contribution in [0.2, 0.25) is 0 Å². The van der Waals surface area contributed by atoms with E-state index in [9.17, 15) is 9.59 Å². The van der Waals surface area contributed by atoms with Crippen LogP contribution in [-0.2, 0) is 4.79 Å². The van der Waals surface area contributed by atoms with Gasteiger partial charge in [-0.1, -0.05) is 48.2 Å². The number of aromatic nitrogens is 3. The molecule has 1 heterocycles. The molecule has 0 unspecified atom stereocenters. The standard InChI is InChI=1S/C19H18N4O2S/c1-12-6-3-4-9-16(12)18-21-19(23-22-18)26-11-17(25)20-15-8-5-7-14(10-15)13(2)24/h3-10H,11H2,1-2H3,(H,20,25)(H,21,22,23). The molecule has 0 radical (unpaired) electrons. The quantitative estimate of drug-likeness (QED) is 0.513. The number of thioether (sulfide) groups is 1. The lowest BCUT2D eigenvalue weighted by atomic mass is 10.1. The first-order valence-corrected chi connectivity index (χ1v) is 9.03. The lowest BCUT2D eigenvalue weighted by Gasteiger charge is -2.05. The van der Waals surface area contributed by atoms with Crippen LogP contribution in [0.3, 0.4) is 0 Å². The van der Waals surface area contributed by atoms with Gasteiger partial charge in [-0.2, -0.15) is 0 Å². The summed E-state index contributed by atoms with van der Waals surface area (Å²) in [5.74, 6) is 0.632. The second kappa shape index (κ2) is 7.97. The van der Waals surface area contributed by atoms with Crippen LogP contribution in [0.5, 0.6) is 0 Å². The van der Waals surface area contributed by atoms with E-state index in [1.54, 1.807) is 24.3 Å². The van der Waals surface area contributed by atoms with Gasteiger partial charge in [0.25, 0.3) is 0 Å². The number of carbonyl (C=O) groups excluding carboxylic acids is 2. The molecule has 2 aromatic carbocycles. The van der Waals surface area contributed by atoms with Gasteiger partial charge in [0, 0.05) is 16.8 Å². The number of hydrogen-bond acceptors (Lipinski definition) is 5. The van der Waals surface area contributed by atoms with Gasteiger partial charge in [0.1, 0.15) is 0 Å². The number of hydrogen-bond donors (Lipinski definition) is 2. The predicted molar refractivity (Wildman–Crippen MR) is 102 cm³/mol. The molecule has 0 aliphatic heterocycles. The van der Waals surface area contributed by atoms with Crippen molar-refractivity contribution in [3.63, 3.8) is 0 Å². The van der Waals surface area contributed by atoms with Gasteiger partial charge in [-0.15, -0.1) is 5.10 Å². The van der Waals surface area contributed by atoms with Crippen molar-refractivity contribution < 1.29 is 9.59 Å². The number of ketones is 1. The van der Waals surface area contributed by atoms with Crippen molar-refractivity contribution in [1.82, 2.24) is 15.2 Å². The SMILES string of the molecule is CC(=O)c1cccc(NC(=O)CSc2n[nH]c(-c3ccccc3C)n2)c1. The number of H-pyrrole nitrogens is 1. The molecule has 7 heteroatoms. The Hall–Kier alpha value is -2.93. The van der Waals surface area contributed by atoms with Gasteiger partial charge in [-0.05, 0) is 31.5 Å². The molecule has 6 nitrogen and oxygen atoms in total. The van der Waals surface area contributed by atoms with E-state index < -0.39 is 0 Å². The van der Waals surface area contributed by atoms with Gasteiger partial charge in [0.2, 0.25) is 11.1 Å². The summed E-state index contributed by atoms with van der Waals surface area (Å²) in [6.45, 7) is 3.50. The lowest BCUT2D eigenvalue weighted by molar-refractivity contribution is -0.113. The Bertz CT molecular complexity index is 952. The fourth-order valence-corrected chi connectivity index (χ4v) is 3.01. The van der Waals surface area contributed by atoms with Crippen molar-refractivity contribution in [2.45, 2.75) is 19.0 Å². The topological polar surface area (TPSA) is 87.7 Å². The number of amides is 1. The number of anilines is 1. The summed E-state index contributed by atoms with van der Waals surface area (Å²) in [4.78, 5) is 27.9. The van der Waals surface area contributed by atoms with Gasteiger partial charge in [-0.25, -0.2) is 4.98 Å². The van der Waals surface area contributed by atoms with Crippen LogP contribution in [0.1, 0.15) is 22.8 Å². The Morgan fingerprint density at radius 3 is 2.73 bits per heavy atom. The molecule has 2 N–H and O–H groups in total. The molecule has 0 fully saturated rings. The molecule has 132 valence electrons. The van der Waals surface area contributed by atoms with Gasteiger partial charge >= 0.3 is 0 Å². The van der Waals surface area contributed by atoms with E-state index in [-0.39, 0.29) is 17.4 Å². The maximum absolute atomic E-state index is 12.1. The molecular weight excluding hydrogens is 348 g/mol. The Morgan fingerprint density at radius 1 is 1.15 bits per heavy atom. The predicted octanol–water partition coefficient (Wildman–Crippen LogP) is 3.71. The maximum atomic E-state index is 12.1. The van der Waals surface area contributed by atoms with Crippen LogP contribution in [0, 0.1) is 6.92 Å². The van der Waals surface area contributed by atoms with E-state index in [1.165, 1.54) is 18.7 Å². The molecule has 0 atom stereocenters. The summed E-state index contributed by atoms with van der Waals surface area (Å²) in [6.07, 6.45) is 0. The third-order valence-corrected chi connectivity index (χ3v) is 4.60. The second-order valence-electron chi connectivity index (χ2n) is 5.76. The van der Waals surface area contributed by atoms with Crippen LogP contribution < -0.4 is 5.32 Å². The summed E-state index contributed by atoms with van der Waals surface area (Å²) >= 11 is 1.25. The van der Waals surface area contributed by atoms with Gasteiger partial charge in [0.05, 0.1) is 5.75 Å². The maximum Gasteiger partial charge on any atom is 0.234 e. The van der Waals surface area contributed by atoms with E-state index in [2.05, 4.69) is 20.5 Å². The average Bonchev–Trinajstić information content (AvgIpc) is 3.09. The molecule has 1 amide bonds. The van der Waals surface area contributed by atoms with Crippen molar-refractivity contribution >= 4 is 29.1 Å². The highest BCUT2D eigenvalue weighted by Gasteiger charge is 2.11. The van der Waals surface area contributed by atoms with Crippen molar-refractivity contribution in [3.05, 3.63) is 59.7 Å². The van der Waals surface area contributed by atoms with E-state index in [4.69, 9.17) is 0 Å². The van der Waals surface area contributed by atoms with Crippen LogP contribution in [0.15, 0.2) is 53.7 Å². The number of benzene rings is 2. The zero-order valence-corrected chi connectivity index (χ0v) is 15.3. The summed E-state index contributed by atoms with van der Waals surface area (Å²) in [5.41, 5.74) is 3.24. The fraction of sp³-hybridized carbons (Fsp3) is 0.158. The lowest BCUT2D eigenvalue weighted by Crippen LogP contribution is -2.14. The minimum absolute atomic E-state index is 0.0417. The fourth-order valence-electron chi connectivity index (χ4n) is 2.41. The molecule has 0 saturated carbocycles. The summed E-state index contributed by atoms with van der Waals surface area (Å²) in [5, 5.41) is 10.3. The molecular formula is C19H18N4O2S. The normalized spacial score (nSPS) is 10.5. The first-order chi connectivity index (χ1) is 12.5. The zero-order valence-electron chi connectivity index (χ0n) is 14.4. The molecule has 0 bridgehead atoms. The molecule has 0 saturated heterocycles. The van der Waals surface area contributed by atoms with E-state index >= 15 is 0 Å². The minimum Gasteiger partial charge on any atom is -0.325 e. The number of nitrogens with one attached hydrogen (secondary N) is 2. The van der Waals surface area contributed by atoms with Crippen LogP contribution in [0.25, 0.3) is 11.4 Å². The number of aromatic amines is 1. The highest BCUT2D eigenvalue weighted by Crippen LogP contribution is 2.22. The highest BCUT2D eigenvalue weighted by atomic mass is 32.2. The smallest absolute Gasteiger partial charge is 0.234 e. The van der Waals surface area contributed by atoms with E-state index in [0.717, 1.165) is 11.1 Å². The third-order valence-electron chi connectivity index (χ3n) is 3.75. The molecule has 0 aliphatic rings. The molecule has 3 aromatic rings. The second-order valence-corrected chi connectivity index (χ2v) is 6.70. The molecule has 0 spiro atoms. The zero-order chi connectivity index (χ0) is 18.5. The number of rotatable bonds is 6. The van der Waals surface area contributed by atoms with Crippen molar-refractivity contribution in [3.8, 4) is 11.4 Å². The van der Waals surface area contributed by atoms with Crippen LogP contribution in [0.4, 0.5) is 5.69 Å². The van der Waals surface area contributed by atoms with E-state index in [0.29, 0.717) is 22.2 Å². The monoisotopic (exact) mass is 366 g/mol. The van der Waals surface area contributed by atoms with Gasteiger partial charge in [-0.3, -0.25) is 14.7 Å². The summed E-state index contributed by atoms with van der Waals surface area (Å²) < 4.78 is 0. The van der Waals surface area contributed by atoms with Gasteiger partial charge < -0.3 is 5.32 Å². The van der Waals surface area contributed by atoms with Crippen molar-refractivity contribution in [2.24, 2.45) is 0 Å². The Labute approximate surface area is 155 Å². The molecule has 3 rings (SSSR count). The average molecular weight is 366 g/mol. The van der Waals surface area contributed by atoms with Crippen molar-refractivity contribution in [1.29, 1.82) is 0 Å². The third kappa shape index (κ3) is 4.37. The summed E-state index contributed by atoms with van der Waals surface area (Å²) in [6, 6.07) is 14.8. The summed E-state index contributed by atoms with van der Waals surface area (Å²) in [7, 11) is 0. The largest absolute Gasteiger partial charge is 0.325 e. The first kappa shape index (κ1) is 17.9. The first-order valence-electron chi connectivity index (χ1n) is 8.05. The van der Waals surface area contributed by atoms with E-state index in [1.807, 2.05) is 31.2 Å². The molecule has 1 aromatic heterocycles. The number of nitrogens with zero attached hydrogens (tertiary/aromatic N) is 2. The van der Waals surface area contributed by atoms with Gasteiger partial charge in [0.15, 0.2) is 11.6 Å². The van der Waals surface area contributed by atoms with Crippen molar-refractivity contribution in [2.75, 3.05) is 11.1 Å². The Morgan fingerprint density at radius 2 is 1.96 bits per heavy atom. The Balaban J connectivity index is 1.59. The Kier molecular flexibility index (Phi) is 5.48. The number of aryl methyl sites for hydroxylation is 1. The van der Waals surface area contributed by atoms with Crippen LogP contribution in [-0.4, -0.2) is 32.6 Å². The molecule has 0 aliphatic carbocycles. The molecule has 26 heavy (non-hydrogen) atoms. The number of Topliss-reactive ketones (excluding diaryl/α,β-unsaturated/α-hetero) is 1.